The van der Waals surface area contributed by atoms with E-state index in [2.05, 4.69) is 31.3 Å². The molecule has 3 N–H and O–H groups in total. The van der Waals surface area contributed by atoms with E-state index in [0.717, 1.165) is 0 Å². The quantitative estimate of drug-likeness (QED) is 0.707. The first-order chi connectivity index (χ1) is 7.46. The third-order valence-electron chi connectivity index (χ3n) is 2.78. The van der Waals surface area contributed by atoms with E-state index >= 15 is 0 Å². The molecule has 3 heteroatoms. The van der Waals surface area contributed by atoms with Crippen LogP contribution in [0.3, 0.4) is 0 Å². The van der Waals surface area contributed by atoms with E-state index in [1.54, 1.807) is 6.92 Å². The molecule has 0 fully saturated rings. The van der Waals surface area contributed by atoms with Crippen LogP contribution in [0.2, 0.25) is 0 Å². The number of aliphatic hydroxyl groups excluding tert-OH is 1. The van der Waals surface area contributed by atoms with E-state index in [-0.39, 0.29) is 12.6 Å². The Morgan fingerprint density at radius 2 is 2.00 bits per heavy atom. The summed E-state index contributed by atoms with van der Waals surface area (Å²) >= 11 is 0. The van der Waals surface area contributed by atoms with Gasteiger partial charge in [0, 0.05) is 12.6 Å². The fourth-order valence-electron chi connectivity index (χ4n) is 1.61. The summed E-state index contributed by atoms with van der Waals surface area (Å²) in [5, 5.41) is 21.8. The lowest BCUT2D eigenvalue weighted by atomic mass is 10.0. The molecule has 90 valence electrons. The second-order valence-corrected chi connectivity index (χ2v) is 4.61. The Morgan fingerprint density at radius 3 is 2.56 bits per heavy atom. The molecule has 0 bridgehead atoms. The summed E-state index contributed by atoms with van der Waals surface area (Å²) in [5.41, 5.74) is 1.39. The number of hydrogen-bond acceptors (Lipinski definition) is 3. The molecule has 0 saturated carbocycles. The number of hydrogen-bond donors (Lipinski definition) is 3. The van der Waals surface area contributed by atoms with Gasteiger partial charge < -0.3 is 15.5 Å². The van der Waals surface area contributed by atoms with Crippen molar-refractivity contribution in [1.82, 2.24) is 5.32 Å². The van der Waals surface area contributed by atoms with Gasteiger partial charge in [-0.05, 0) is 31.9 Å². The highest BCUT2D eigenvalue weighted by molar-refractivity contribution is 5.28. The molecule has 3 nitrogen and oxygen atoms in total. The first-order valence-electron chi connectivity index (χ1n) is 5.58. The van der Waals surface area contributed by atoms with Gasteiger partial charge in [0.25, 0.3) is 0 Å². The zero-order valence-electron chi connectivity index (χ0n) is 10.2. The SMILES string of the molecule is Cc1ccccc1C(C)NCC(C)(O)CO. The fraction of sp³-hybridized carbons (Fsp3) is 0.538. The lowest BCUT2D eigenvalue weighted by Crippen LogP contribution is -2.41. The Kier molecular flexibility index (Phi) is 4.47. The molecule has 0 amide bonds. The van der Waals surface area contributed by atoms with Crippen molar-refractivity contribution in [3.63, 3.8) is 0 Å². The van der Waals surface area contributed by atoms with Crippen molar-refractivity contribution in [2.75, 3.05) is 13.2 Å². The van der Waals surface area contributed by atoms with Crippen molar-refractivity contribution >= 4 is 0 Å². The van der Waals surface area contributed by atoms with E-state index < -0.39 is 5.60 Å². The van der Waals surface area contributed by atoms with Crippen LogP contribution in [0.1, 0.15) is 31.0 Å². The summed E-state index contributed by atoms with van der Waals surface area (Å²) < 4.78 is 0. The molecule has 1 aromatic rings. The minimum Gasteiger partial charge on any atom is -0.393 e. The summed E-state index contributed by atoms with van der Waals surface area (Å²) in [6.45, 7) is 5.87. The molecule has 16 heavy (non-hydrogen) atoms. The van der Waals surface area contributed by atoms with Crippen LogP contribution in [-0.4, -0.2) is 29.0 Å². The van der Waals surface area contributed by atoms with Crippen LogP contribution in [0.25, 0.3) is 0 Å². The highest BCUT2D eigenvalue weighted by Gasteiger charge is 2.20. The number of rotatable bonds is 5. The van der Waals surface area contributed by atoms with Gasteiger partial charge in [-0.3, -0.25) is 0 Å². The number of aliphatic hydroxyl groups is 2. The van der Waals surface area contributed by atoms with Crippen molar-refractivity contribution in [2.45, 2.75) is 32.4 Å². The Bertz CT molecular complexity index is 336. The lowest BCUT2D eigenvalue weighted by Gasteiger charge is -2.24. The Hall–Kier alpha value is -0.900. The molecule has 0 saturated heterocycles. The molecule has 0 radical (unpaired) electrons. The zero-order valence-corrected chi connectivity index (χ0v) is 10.2. The molecule has 2 unspecified atom stereocenters. The van der Waals surface area contributed by atoms with Crippen molar-refractivity contribution in [3.8, 4) is 0 Å². The summed E-state index contributed by atoms with van der Waals surface area (Å²) in [7, 11) is 0. The van der Waals surface area contributed by atoms with Gasteiger partial charge in [0.15, 0.2) is 0 Å². The highest BCUT2D eigenvalue weighted by atomic mass is 16.3. The van der Waals surface area contributed by atoms with Gasteiger partial charge in [-0.2, -0.15) is 0 Å². The molecule has 0 spiro atoms. The van der Waals surface area contributed by atoms with Crippen LogP contribution in [-0.2, 0) is 0 Å². The maximum atomic E-state index is 9.68. The molecule has 0 aliphatic heterocycles. The largest absolute Gasteiger partial charge is 0.393 e. The average molecular weight is 223 g/mol. The van der Waals surface area contributed by atoms with E-state index in [9.17, 15) is 5.11 Å². The molecule has 1 aromatic carbocycles. The van der Waals surface area contributed by atoms with Gasteiger partial charge in [-0.15, -0.1) is 0 Å². The van der Waals surface area contributed by atoms with E-state index in [1.807, 2.05) is 12.1 Å². The van der Waals surface area contributed by atoms with E-state index in [1.165, 1.54) is 11.1 Å². The number of nitrogens with one attached hydrogen (secondary N) is 1. The summed E-state index contributed by atoms with van der Waals surface area (Å²) in [6, 6.07) is 8.32. The van der Waals surface area contributed by atoms with Crippen molar-refractivity contribution in [3.05, 3.63) is 35.4 Å². The molecular weight excluding hydrogens is 202 g/mol. The third kappa shape index (κ3) is 3.59. The van der Waals surface area contributed by atoms with Gasteiger partial charge in [-0.1, -0.05) is 24.3 Å². The fourth-order valence-corrected chi connectivity index (χ4v) is 1.61. The van der Waals surface area contributed by atoms with Crippen molar-refractivity contribution in [1.29, 1.82) is 0 Å². The number of benzene rings is 1. The van der Waals surface area contributed by atoms with Gasteiger partial charge in [0.1, 0.15) is 0 Å². The van der Waals surface area contributed by atoms with E-state index in [4.69, 9.17) is 5.11 Å². The standard InChI is InChI=1S/C13H21NO2/c1-10-6-4-5-7-12(10)11(2)14-8-13(3,16)9-15/h4-7,11,14-16H,8-9H2,1-3H3. The van der Waals surface area contributed by atoms with Crippen molar-refractivity contribution in [2.24, 2.45) is 0 Å². The Balaban J connectivity index is 2.60. The maximum absolute atomic E-state index is 9.68. The molecule has 0 aromatic heterocycles. The summed E-state index contributed by atoms with van der Waals surface area (Å²) in [4.78, 5) is 0. The minimum atomic E-state index is -1.06. The predicted octanol–water partition coefficient (Wildman–Crippen LogP) is 1.39. The van der Waals surface area contributed by atoms with Crippen LogP contribution < -0.4 is 5.32 Å². The van der Waals surface area contributed by atoms with Crippen LogP contribution in [0, 0.1) is 6.92 Å². The molecule has 0 aliphatic rings. The molecular formula is C13H21NO2. The molecule has 0 heterocycles. The smallest absolute Gasteiger partial charge is 0.0973 e. The van der Waals surface area contributed by atoms with Gasteiger partial charge >= 0.3 is 0 Å². The normalized spacial score (nSPS) is 16.8. The maximum Gasteiger partial charge on any atom is 0.0973 e. The average Bonchev–Trinajstić information content (AvgIpc) is 2.27. The summed E-state index contributed by atoms with van der Waals surface area (Å²) in [6.07, 6.45) is 0. The van der Waals surface area contributed by atoms with Gasteiger partial charge in [0.05, 0.1) is 12.2 Å². The lowest BCUT2D eigenvalue weighted by molar-refractivity contribution is 0.00105. The van der Waals surface area contributed by atoms with Crippen LogP contribution in [0.5, 0.6) is 0 Å². The van der Waals surface area contributed by atoms with Gasteiger partial charge in [0.2, 0.25) is 0 Å². The van der Waals surface area contributed by atoms with Crippen LogP contribution >= 0.6 is 0 Å². The predicted molar refractivity (Wildman–Crippen MR) is 65.3 cm³/mol. The van der Waals surface area contributed by atoms with Crippen LogP contribution in [0.15, 0.2) is 24.3 Å². The minimum absolute atomic E-state index is 0.166. The van der Waals surface area contributed by atoms with Crippen LogP contribution in [0.4, 0.5) is 0 Å². The second kappa shape index (κ2) is 5.43. The number of aryl methyl sites for hydroxylation is 1. The highest BCUT2D eigenvalue weighted by Crippen LogP contribution is 2.17. The van der Waals surface area contributed by atoms with Gasteiger partial charge in [-0.25, -0.2) is 0 Å². The van der Waals surface area contributed by atoms with Crippen molar-refractivity contribution < 1.29 is 10.2 Å². The topological polar surface area (TPSA) is 52.5 Å². The zero-order chi connectivity index (χ0) is 12.2. The third-order valence-corrected chi connectivity index (χ3v) is 2.78. The van der Waals surface area contributed by atoms with E-state index in [0.29, 0.717) is 6.54 Å². The molecule has 0 aliphatic carbocycles. The monoisotopic (exact) mass is 223 g/mol. The Morgan fingerprint density at radius 1 is 1.38 bits per heavy atom. The molecule has 1 rings (SSSR count). The second-order valence-electron chi connectivity index (χ2n) is 4.61. The summed E-state index contributed by atoms with van der Waals surface area (Å²) in [5.74, 6) is 0. The molecule has 2 atom stereocenters. The Labute approximate surface area is 97.1 Å². The first kappa shape index (κ1) is 13.2. The first-order valence-corrected chi connectivity index (χ1v) is 5.58.